The van der Waals surface area contributed by atoms with E-state index in [1.807, 2.05) is 12.1 Å². The van der Waals surface area contributed by atoms with Crippen LogP contribution in [0.1, 0.15) is 24.1 Å². The van der Waals surface area contributed by atoms with Gasteiger partial charge in [0.2, 0.25) is 0 Å². The first kappa shape index (κ1) is 17.4. The fraction of sp³-hybridized carbons (Fsp3) is 0.217. The Morgan fingerprint density at radius 1 is 0.680 bits per heavy atom. The monoisotopic (exact) mass is 331 g/mol. The van der Waals surface area contributed by atoms with Gasteiger partial charge in [-0.1, -0.05) is 72.8 Å². The second-order valence-electron chi connectivity index (χ2n) is 6.69. The van der Waals surface area contributed by atoms with Crippen molar-refractivity contribution >= 4 is 0 Å². The molecule has 0 radical (unpaired) electrons. The molecule has 0 aliphatic carbocycles. The number of hydrogen-bond acceptors (Lipinski definition) is 2. The summed E-state index contributed by atoms with van der Waals surface area (Å²) in [4.78, 5) is 2.21. The molecule has 0 amide bonds. The van der Waals surface area contributed by atoms with Crippen LogP contribution in [0.5, 0.6) is 0 Å². The van der Waals surface area contributed by atoms with E-state index < -0.39 is 0 Å². The third-order valence-electron chi connectivity index (χ3n) is 4.86. The lowest BCUT2D eigenvalue weighted by Gasteiger charge is -2.20. The van der Waals surface area contributed by atoms with E-state index in [0.29, 0.717) is 6.04 Å². The van der Waals surface area contributed by atoms with Crippen molar-refractivity contribution in [3.63, 3.8) is 0 Å². The third kappa shape index (κ3) is 3.98. The molecule has 2 heteroatoms. The second-order valence-corrected chi connectivity index (χ2v) is 6.69. The Bertz CT molecular complexity index is 802. The van der Waals surface area contributed by atoms with Gasteiger partial charge in [-0.25, -0.2) is 0 Å². The van der Waals surface area contributed by atoms with Crippen molar-refractivity contribution in [3.05, 3.63) is 83.9 Å². The van der Waals surface area contributed by atoms with Gasteiger partial charge in [-0.2, -0.15) is 0 Å². The van der Waals surface area contributed by atoms with Gasteiger partial charge in [0.15, 0.2) is 0 Å². The lowest BCUT2D eigenvalue weighted by Crippen LogP contribution is -2.16. The molecule has 1 N–H and O–H groups in total. The molecule has 0 fully saturated rings. The van der Waals surface area contributed by atoms with E-state index in [1.165, 1.54) is 27.8 Å². The van der Waals surface area contributed by atoms with Gasteiger partial charge in [0.25, 0.3) is 0 Å². The van der Waals surface area contributed by atoms with E-state index in [2.05, 4.69) is 86.6 Å². The molecule has 2 nitrogen and oxygen atoms in total. The Kier molecular flexibility index (Phi) is 5.32. The van der Waals surface area contributed by atoms with Crippen molar-refractivity contribution in [2.75, 3.05) is 14.1 Å². The molecule has 0 saturated carbocycles. The van der Waals surface area contributed by atoms with Crippen LogP contribution >= 0.6 is 0 Å². The largest absolute Gasteiger partial charge is 0.392 e. The van der Waals surface area contributed by atoms with Gasteiger partial charge < -0.3 is 10.0 Å². The first-order valence-corrected chi connectivity index (χ1v) is 8.65. The minimum atomic E-state index is 0.0850. The fourth-order valence-electron chi connectivity index (χ4n) is 2.91. The summed E-state index contributed by atoms with van der Waals surface area (Å²) in [6.45, 7) is 2.30. The third-order valence-corrected chi connectivity index (χ3v) is 4.86. The van der Waals surface area contributed by atoms with Gasteiger partial charge in [-0.15, -0.1) is 0 Å². The molecule has 3 aromatic carbocycles. The van der Waals surface area contributed by atoms with Crippen molar-refractivity contribution in [2.45, 2.75) is 19.6 Å². The predicted molar refractivity (Wildman–Crippen MR) is 105 cm³/mol. The van der Waals surface area contributed by atoms with Crippen molar-refractivity contribution in [1.29, 1.82) is 0 Å². The van der Waals surface area contributed by atoms with Crippen LogP contribution in [0.25, 0.3) is 22.3 Å². The molecule has 3 rings (SSSR count). The fourth-order valence-corrected chi connectivity index (χ4v) is 2.91. The first-order chi connectivity index (χ1) is 12.1. The molecule has 0 saturated heterocycles. The summed E-state index contributed by atoms with van der Waals surface area (Å²) in [6.07, 6.45) is 0. The molecule has 3 aromatic rings. The molecule has 0 spiro atoms. The minimum Gasteiger partial charge on any atom is -0.392 e. The Morgan fingerprint density at radius 3 is 1.40 bits per heavy atom. The number of nitrogens with zero attached hydrogens (tertiary/aromatic N) is 1. The molecule has 0 aliphatic rings. The summed E-state index contributed by atoms with van der Waals surface area (Å²) in [5.41, 5.74) is 7.07. The first-order valence-electron chi connectivity index (χ1n) is 8.65. The average Bonchev–Trinajstić information content (AvgIpc) is 2.67. The molecular formula is C23H25NO. The standard InChI is InChI=1S/C23H25NO/c1-17(24(2)3)19-8-10-21(11-9-19)23-14-12-22(13-15-23)20-6-4-18(16-25)5-7-20/h4-15,17,25H,16H2,1-3H3. The van der Waals surface area contributed by atoms with Crippen LogP contribution in [0.15, 0.2) is 72.8 Å². The predicted octanol–water partition coefficient (Wildman–Crippen LogP) is 5.14. The maximum Gasteiger partial charge on any atom is 0.0681 e. The number of aliphatic hydroxyl groups excluding tert-OH is 1. The summed E-state index contributed by atoms with van der Waals surface area (Å²) in [5.74, 6) is 0. The summed E-state index contributed by atoms with van der Waals surface area (Å²) < 4.78 is 0. The van der Waals surface area contributed by atoms with E-state index in [0.717, 1.165) is 5.56 Å². The average molecular weight is 331 g/mol. The molecule has 0 aromatic heterocycles. The van der Waals surface area contributed by atoms with Crippen molar-refractivity contribution in [2.24, 2.45) is 0 Å². The molecule has 0 heterocycles. The number of benzene rings is 3. The number of rotatable bonds is 5. The zero-order valence-corrected chi connectivity index (χ0v) is 15.1. The van der Waals surface area contributed by atoms with Gasteiger partial charge in [0, 0.05) is 6.04 Å². The zero-order valence-electron chi connectivity index (χ0n) is 15.1. The van der Waals surface area contributed by atoms with Crippen LogP contribution < -0.4 is 0 Å². The normalized spacial score (nSPS) is 12.4. The lowest BCUT2D eigenvalue weighted by molar-refractivity contribution is 0.282. The Labute approximate surface area is 150 Å². The highest BCUT2D eigenvalue weighted by Gasteiger charge is 2.07. The van der Waals surface area contributed by atoms with E-state index in [9.17, 15) is 0 Å². The van der Waals surface area contributed by atoms with E-state index in [4.69, 9.17) is 5.11 Å². The van der Waals surface area contributed by atoms with Gasteiger partial charge >= 0.3 is 0 Å². The molecule has 1 atom stereocenters. The lowest BCUT2D eigenvalue weighted by atomic mass is 9.98. The van der Waals surface area contributed by atoms with Crippen LogP contribution in [0.3, 0.4) is 0 Å². The molecule has 1 unspecified atom stereocenters. The molecule has 128 valence electrons. The topological polar surface area (TPSA) is 23.5 Å². The van der Waals surface area contributed by atoms with Crippen molar-refractivity contribution < 1.29 is 5.11 Å². The van der Waals surface area contributed by atoms with Gasteiger partial charge in [0.1, 0.15) is 0 Å². The molecule has 25 heavy (non-hydrogen) atoms. The Hall–Kier alpha value is -2.42. The maximum absolute atomic E-state index is 9.14. The van der Waals surface area contributed by atoms with Crippen LogP contribution in [-0.2, 0) is 6.61 Å². The zero-order chi connectivity index (χ0) is 17.8. The van der Waals surface area contributed by atoms with E-state index in [-0.39, 0.29) is 6.61 Å². The maximum atomic E-state index is 9.14. The number of aliphatic hydroxyl groups is 1. The molecular weight excluding hydrogens is 306 g/mol. The Morgan fingerprint density at radius 2 is 1.04 bits per heavy atom. The summed E-state index contributed by atoms with van der Waals surface area (Å²) in [7, 11) is 4.20. The summed E-state index contributed by atoms with van der Waals surface area (Å²) in [6, 6.07) is 25.9. The van der Waals surface area contributed by atoms with Crippen LogP contribution in [0.2, 0.25) is 0 Å². The van der Waals surface area contributed by atoms with Gasteiger partial charge in [0.05, 0.1) is 6.61 Å². The van der Waals surface area contributed by atoms with Crippen LogP contribution in [0.4, 0.5) is 0 Å². The SMILES string of the molecule is CC(c1ccc(-c2ccc(-c3ccc(CO)cc3)cc2)cc1)N(C)C. The van der Waals surface area contributed by atoms with Gasteiger partial charge in [-0.05, 0) is 54.4 Å². The minimum absolute atomic E-state index is 0.0850. The highest BCUT2D eigenvalue weighted by atomic mass is 16.3. The van der Waals surface area contributed by atoms with Gasteiger partial charge in [-0.3, -0.25) is 0 Å². The van der Waals surface area contributed by atoms with Crippen LogP contribution in [0, 0.1) is 0 Å². The summed E-state index contributed by atoms with van der Waals surface area (Å²) in [5, 5.41) is 9.14. The molecule has 0 aliphatic heterocycles. The smallest absolute Gasteiger partial charge is 0.0681 e. The Balaban J connectivity index is 1.79. The quantitative estimate of drug-likeness (QED) is 0.700. The highest BCUT2D eigenvalue weighted by molar-refractivity contribution is 5.70. The van der Waals surface area contributed by atoms with E-state index in [1.54, 1.807) is 0 Å². The van der Waals surface area contributed by atoms with Crippen molar-refractivity contribution in [1.82, 2.24) is 4.90 Å². The van der Waals surface area contributed by atoms with E-state index >= 15 is 0 Å². The highest BCUT2D eigenvalue weighted by Crippen LogP contribution is 2.27. The number of hydrogen-bond donors (Lipinski definition) is 1. The second kappa shape index (κ2) is 7.64. The summed E-state index contributed by atoms with van der Waals surface area (Å²) >= 11 is 0. The van der Waals surface area contributed by atoms with Crippen molar-refractivity contribution in [3.8, 4) is 22.3 Å². The molecule has 0 bridgehead atoms. The van der Waals surface area contributed by atoms with Crippen LogP contribution in [-0.4, -0.2) is 24.1 Å².